The fraction of sp³-hybridized carbons (Fsp3) is 0.222. The number of anilines is 2. The van der Waals surface area contributed by atoms with Crippen LogP contribution in [0.2, 0.25) is 0 Å². The molecule has 0 aromatic carbocycles. The molecule has 0 spiro atoms. The van der Waals surface area contributed by atoms with Crippen LogP contribution in [0.15, 0.2) is 23.1 Å². The van der Waals surface area contributed by atoms with E-state index in [2.05, 4.69) is 20.3 Å². The number of oxazole rings is 1. The summed E-state index contributed by atoms with van der Waals surface area (Å²) in [6.07, 6.45) is 4.63. The Balaban J connectivity index is 2.02. The monoisotopic (exact) mass is 205 g/mol. The molecule has 0 bridgehead atoms. The summed E-state index contributed by atoms with van der Waals surface area (Å²) in [7, 11) is 0. The minimum atomic E-state index is 0.453. The molecule has 3 N–H and O–H groups in total. The molecule has 0 unspecified atom stereocenters. The highest BCUT2D eigenvalue weighted by molar-refractivity contribution is 5.58. The van der Waals surface area contributed by atoms with Gasteiger partial charge in [-0.2, -0.15) is 0 Å². The van der Waals surface area contributed by atoms with Gasteiger partial charge in [-0.1, -0.05) is 0 Å². The summed E-state index contributed by atoms with van der Waals surface area (Å²) in [6, 6.07) is 0. The first-order valence-electron chi connectivity index (χ1n) is 4.46. The zero-order valence-electron chi connectivity index (χ0n) is 8.27. The van der Waals surface area contributed by atoms with E-state index in [1.165, 1.54) is 12.5 Å². The molecule has 6 heteroatoms. The molecule has 0 saturated carbocycles. The van der Waals surface area contributed by atoms with Gasteiger partial charge in [0.05, 0.1) is 24.6 Å². The molecule has 0 aliphatic heterocycles. The van der Waals surface area contributed by atoms with Crippen LogP contribution in [-0.4, -0.2) is 15.0 Å². The Labute approximate surface area is 86.6 Å². The smallest absolute Gasteiger partial charge is 0.213 e. The van der Waals surface area contributed by atoms with Crippen molar-refractivity contribution in [3.05, 3.63) is 30.4 Å². The Morgan fingerprint density at radius 1 is 1.40 bits per heavy atom. The molecule has 15 heavy (non-hydrogen) atoms. The van der Waals surface area contributed by atoms with Crippen molar-refractivity contribution in [2.24, 2.45) is 0 Å². The third-order valence-electron chi connectivity index (χ3n) is 1.82. The van der Waals surface area contributed by atoms with Crippen LogP contribution in [0.5, 0.6) is 0 Å². The Hall–Kier alpha value is -2.11. The van der Waals surface area contributed by atoms with Crippen LogP contribution in [0.1, 0.15) is 11.7 Å². The largest absolute Gasteiger partial charge is 0.444 e. The highest BCUT2D eigenvalue weighted by Crippen LogP contribution is 2.12. The van der Waals surface area contributed by atoms with Crippen molar-refractivity contribution < 1.29 is 4.42 Å². The number of aryl methyl sites for hydroxylation is 1. The summed E-state index contributed by atoms with van der Waals surface area (Å²) in [5, 5.41) is 3.01. The summed E-state index contributed by atoms with van der Waals surface area (Å²) >= 11 is 0. The number of aromatic nitrogens is 3. The maximum Gasteiger partial charge on any atom is 0.213 e. The molecule has 0 saturated heterocycles. The minimum absolute atomic E-state index is 0.453. The average molecular weight is 205 g/mol. The fourth-order valence-electron chi connectivity index (χ4n) is 1.13. The third kappa shape index (κ3) is 2.22. The Kier molecular flexibility index (Phi) is 2.49. The first-order chi connectivity index (χ1) is 7.25. The van der Waals surface area contributed by atoms with Crippen molar-refractivity contribution in [3.8, 4) is 0 Å². The van der Waals surface area contributed by atoms with Gasteiger partial charge in [-0.15, -0.1) is 0 Å². The van der Waals surface area contributed by atoms with Crippen LogP contribution in [0.4, 0.5) is 11.5 Å². The molecular weight excluding hydrogens is 194 g/mol. The van der Waals surface area contributed by atoms with Crippen molar-refractivity contribution >= 4 is 11.5 Å². The van der Waals surface area contributed by atoms with Crippen LogP contribution in [0.25, 0.3) is 0 Å². The zero-order valence-corrected chi connectivity index (χ0v) is 8.27. The van der Waals surface area contributed by atoms with Gasteiger partial charge in [0.2, 0.25) is 5.89 Å². The summed E-state index contributed by atoms with van der Waals surface area (Å²) in [6.45, 7) is 2.30. The van der Waals surface area contributed by atoms with Crippen LogP contribution in [0.3, 0.4) is 0 Å². The van der Waals surface area contributed by atoms with Crippen molar-refractivity contribution in [1.82, 2.24) is 15.0 Å². The van der Waals surface area contributed by atoms with E-state index >= 15 is 0 Å². The van der Waals surface area contributed by atoms with E-state index < -0.39 is 0 Å². The van der Waals surface area contributed by atoms with Gasteiger partial charge < -0.3 is 15.5 Å². The predicted molar refractivity (Wildman–Crippen MR) is 55.0 cm³/mol. The van der Waals surface area contributed by atoms with Crippen LogP contribution < -0.4 is 11.1 Å². The van der Waals surface area contributed by atoms with E-state index in [1.54, 1.807) is 6.20 Å². The lowest BCUT2D eigenvalue weighted by Gasteiger charge is -2.04. The van der Waals surface area contributed by atoms with Gasteiger partial charge in [-0.3, -0.25) is 0 Å². The second-order valence-electron chi connectivity index (χ2n) is 3.04. The van der Waals surface area contributed by atoms with Crippen molar-refractivity contribution in [3.63, 3.8) is 0 Å². The van der Waals surface area contributed by atoms with Crippen molar-refractivity contribution in [2.75, 3.05) is 11.1 Å². The summed E-state index contributed by atoms with van der Waals surface area (Å²) in [5.74, 6) is 1.97. The number of nitrogen functional groups attached to an aromatic ring is 1. The molecule has 2 rings (SSSR count). The molecule has 2 aromatic heterocycles. The van der Waals surface area contributed by atoms with E-state index in [0.717, 1.165) is 5.76 Å². The number of nitrogens with zero attached hydrogens (tertiary/aromatic N) is 3. The Bertz CT molecular complexity index is 453. The van der Waals surface area contributed by atoms with E-state index in [9.17, 15) is 0 Å². The zero-order chi connectivity index (χ0) is 10.7. The molecule has 0 radical (unpaired) electrons. The molecule has 0 aliphatic rings. The first kappa shape index (κ1) is 9.45. The van der Waals surface area contributed by atoms with E-state index in [4.69, 9.17) is 10.2 Å². The van der Waals surface area contributed by atoms with E-state index in [0.29, 0.717) is 23.9 Å². The van der Waals surface area contributed by atoms with E-state index in [-0.39, 0.29) is 0 Å². The van der Waals surface area contributed by atoms with Crippen LogP contribution >= 0.6 is 0 Å². The number of nitrogens with one attached hydrogen (secondary N) is 1. The SMILES string of the molecule is Cc1cnc(CNc2ncncc2N)o1. The van der Waals surface area contributed by atoms with Gasteiger partial charge in [0.15, 0.2) is 5.82 Å². The maximum absolute atomic E-state index is 5.65. The van der Waals surface area contributed by atoms with Gasteiger partial charge >= 0.3 is 0 Å². The maximum atomic E-state index is 5.65. The summed E-state index contributed by atoms with van der Waals surface area (Å²) in [4.78, 5) is 11.8. The lowest BCUT2D eigenvalue weighted by molar-refractivity contribution is 0.479. The number of rotatable bonds is 3. The summed E-state index contributed by atoms with van der Waals surface area (Å²) in [5.41, 5.74) is 6.15. The van der Waals surface area contributed by atoms with Gasteiger partial charge in [-0.25, -0.2) is 15.0 Å². The van der Waals surface area contributed by atoms with Gasteiger partial charge in [0.25, 0.3) is 0 Å². The van der Waals surface area contributed by atoms with Crippen LogP contribution in [0, 0.1) is 6.92 Å². The van der Waals surface area contributed by atoms with Crippen molar-refractivity contribution in [2.45, 2.75) is 13.5 Å². The topological polar surface area (TPSA) is 89.9 Å². The molecule has 2 heterocycles. The molecule has 6 nitrogen and oxygen atoms in total. The standard InChI is InChI=1S/C9H11N5O/c1-6-2-12-8(15-6)4-13-9-7(10)3-11-5-14-9/h2-3,5H,4,10H2,1H3,(H,11,13,14). The molecule has 0 fully saturated rings. The Morgan fingerprint density at radius 3 is 2.93 bits per heavy atom. The van der Waals surface area contributed by atoms with Gasteiger partial charge in [0.1, 0.15) is 12.1 Å². The second-order valence-corrected chi connectivity index (χ2v) is 3.04. The van der Waals surface area contributed by atoms with Crippen LogP contribution in [-0.2, 0) is 6.54 Å². The molecule has 2 aromatic rings. The molecular formula is C9H11N5O. The van der Waals surface area contributed by atoms with Crippen molar-refractivity contribution in [1.29, 1.82) is 0 Å². The predicted octanol–water partition coefficient (Wildman–Crippen LogP) is 0.967. The molecule has 0 atom stereocenters. The van der Waals surface area contributed by atoms with Gasteiger partial charge in [-0.05, 0) is 6.92 Å². The molecule has 0 amide bonds. The first-order valence-corrected chi connectivity index (χ1v) is 4.46. The quantitative estimate of drug-likeness (QED) is 0.775. The average Bonchev–Trinajstić information content (AvgIpc) is 2.63. The second kappa shape index (κ2) is 3.95. The highest BCUT2D eigenvalue weighted by Gasteiger charge is 2.03. The van der Waals surface area contributed by atoms with E-state index in [1.807, 2.05) is 6.92 Å². The Morgan fingerprint density at radius 2 is 2.27 bits per heavy atom. The summed E-state index contributed by atoms with van der Waals surface area (Å²) < 4.78 is 5.29. The lowest BCUT2D eigenvalue weighted by atomic mass is 10.5. The molecule has 0 aliphatic carbocycles. The minimum Gasteiger partial charge on any atom is -0.444 e. The number of nitrogens with two attached hydrogens (primary N) is 1. The molecule has 78 valence electrons. The normalized spacial score (nSPS) is 10.2. The highest BCUT2D eigenvalue weighted by atomic mass is 16.4. The number of hydrogen-bond acceptors (Lipinski definition) is 6. The third-order valence-corrected chi connectivity index (χ3v) is 1.82. The number of hydrogen-bond donors (Lipinski definition) is 2. The lowest BCUT2D eigenvalue weighted by Crippen LogP contribution is -2.04. The van der Waals surface area contributed by atoms with Gasteiger partial charge in [0, 0.05) is 0 Å². The fourth-order valence-corrected chi connectivity index (χ4v) is 1.13.